The number of likely N-dealkylation sites (tertiary alicyclic amines) is 1. The predicted molar refractivity (Wildman–Crippen MR) is 118 cm³/mol. The maximum absolute atomic E-state index is 14.0. The number of carbonyl (C=O) groups is 2. The lowest BCUT2D eigenvalue weighted by Crippen LogP contribution is -2.45. The molecule has 33 heavy (non-hydrogen) atoms. The van der Waals surface area contributed by atoms with E-state index in [4.69, 9.17) is 9.39 Å². The maximum atomic E-state index is 14.0. The van der Waals surface area contributed by atoms with Crippen LogP contribution < -0.4 is 0 Å². The van der Waals surface area contributed by atoms with E-state index in [1.807, 2.05) is 17.5 Å². The number of phenols is 1. The molecule has 3 heterocycles. The molecule has 1 aromatic carbocycles. The number of nitrogens with zero attached hydrogens (tertiary/aromatic N) is 1. The number of phenolic OH excluding ortho intramolecular Hbond substituents is 1. The van der Waals surface area contributed by atoms with E-state index in [1.54, 1.807) is 0 Å². The van der Waals surface area contributed by atoms with E-state index in [1.165, 1.54) is 41.5 Å². The number of amides is 2. The fourth-order valence-corrected chi connectivity index (χ4v) is 6.13. The fraction of sp³-hybridized carbons (Fsp3) is 0.391. The number of ether oxygens (including phenoxy) is 1. The molecule has 0 bridgehead atoms. The summed E-state index contributed by atoms with van der Waals surface area (Å²) in [5, 5.41) is 22.3. The zero-order valence-electron chi connectivity index (χ0n) is 17.9. The quantitative estimate of drug-likeness (QED) is 0.515. The lowest BCUT2D eigenvalue weighted by Gasteiger charge is -2.42. The first-order valence-electron chi connectivity index (χ1n) is 10.8. The molecule has 5 rings (SSSR count). The summed E-state index contributed by atoms with van der Waals surface area (Å²) < 4.78 is 25.1. The third-order valence-corrected chi connectivity index (χ3v) is 7.72. The number of carbonyl (C=O) groups excluding carboxylic acids is 2. The van der Waals surface area contributed by atoms with Crippen molar-refractivity contribution in [2.24, 2.45) is 17.8 Å². The number of hydrogen-bond acceptors (Lipinski definition) is 7. The summed E-state index contributed by atoms with van der Waals surface area (Å²) in [6.07, 6.45) is -0.0633. The molecule has 2 amide bonds. The number of hydrogen-bond donors (Lipinski definition) is 2. The highest BCUT2D eigenvalue weighted by molar-refractivity contribution is 7.09. The van der Waals surface area contributed by atoms with E-state index in [0.717, 1.165) is 10.5 Å². The highest BCUT2D eigenvalue weighted by Gasteiger charge is 2.57. The van der Waals surface area contributed by atoms with Gasteiger partial charge in [0.1, 0.15) is 0 Å². The van der Waals surface area contributed by atoms with Gasteiger partial charge in [0, 0.05) is 12.0 Å². The normalized spacial score (nSPS) is 27.2. The van der Waals surface area contributed by atoms with Crippen molar-refractivity contribution in [3.63, 3.8) is 0 Å². The second-order valence-electron chi connectivity index (χ2n) is 8.70. The highest BCUT2D eigenvalue weighted by atomic mass is 32.1. The molecule has 2 N–H and O–H groups in total. The SMILES string of the molecule is COCC1=C2B(O)O[C@H](c3ccc(O)c(F)c3)C[C@H]2[C@H]2C(=O)N(Cc3cccs3)C(=O)[C@H]2C1. The summed E-state index contributed by atoms with van der Waals surface area (Å²) in [7, 11) is 0.239. The van der Waals surface area contributed by atoms with Gasteiger partial charge in [0.2, 0.25) is 11.8 Å². The summed E-state index contributed by atoms with van der Waals surface area (Å²) in [4.78, 5) is 29.0. The van der Waals surface area contributed by atoms with Gasteiger partial charge in [0.05, 0.1) is 31.1 Å². The average molecular weight is 471 g/mol. The molecule has 1 aliphatic carbocycles. The Morgan fingerprint density at radius 1 is 1.27 bits per heavy atom. The van der Waals surface area contributed by atoms with Gasteiger partial charge in [-0.1, -0.05) is 12.1 Å². The van der Waals surface area contributed by atoms with Crippen molar-refractivity contribution in [2.45, 2.75) is 25.5 Å². The van der Waals surface area contributed by atoms with Crippen LogP contribution >= 0.6 is 11.3 Å². The van der Waals surface area contributed by atoms with Gasteiger partial charge in [0.25, 0.3) is 0 Å². The van der Waals surface area contributed by atoms with Gasteiger partial charge in [0.15, 0.2) is 11.6 Å². The Morgan fingerprint density at radius 3 is 2.79 bits per heavy atom. The van der Waals surface area contributed by atoms with Crippen molar-refractivity contribution >= 4 is 30.3 Å². The van der Waals surface area contributed by atoms with Crippen LogP contribution in [0.25, 0.3) is 0 Å². The van der Waals surface area contributed by atoms with Crippen LogP contribution in [-0.4, -0.2) is 47.7 Å². The van der Waals surface area contributed by atoms with Crippen LogP contribution in [-0.2, 0) is 25.5 Å². The van der Waals surface area contributed by atoms with Crippen molar-refractivity contribution in [1.82, 2.24) is 4.90 Å². The number of halogens is 1. The predicted octanol–water partition coefficient (Wildman–Crippen LogP) is 2.84. The summed E-state index contributed by atoms with van der Waals surface area (Å²) in [5.74, 6) is -3.31. The number of rotatable bonds is 5. The monoisotopic (exact) mass is 471 g/mol. The number of imide groups is 1. The lowest BCUT2D eigenvalue weighted by molar-refractivity contribution is -0.140. The number of methoxy groups -OCH3 is 1. The van der Waals surface area contributed by atoms with E-state index in [2.05, 4.69) is 0 Å². The molecule has 2 fully saturated rings. The second-order valence-corrected chi connectivity index (χ2v) is 9.73. The van der Waals surface area contributed by atoms with Crippen LogP contribution in [0.5, 0.6) is 5.75 Å². The van der Waals surface area contributed by atoms with E-state index >= 15 is 0 Å². The van der Waals surface area contributed by atoms with Gasteiger partial charge < -0.3 is 19.5 Å². The van der Waals surface area contributed by atoms with Crippen molar-refractivity contribution < 1.29 is 33.5 Å². The molecule has 1 aromatic heterocycles. The van der Waals surface area contributed by atoms with Crippen molar-refractivity contribution in [3.8, 4) is 5.75 Å². The summed E-state index contributed by atoms with van der Waals surface area (Å²) in [6.45, 7) is 0.454. The van der Waals surface area contributed by atoms with Crippen LogP contribution in [0.15, 0.2) is 46.8 Å². The smallest absolute Gasteiger partial charge is 0.487 e. The first-order valence-corrected chi connectivity index (χ1v) is 11.7. The van der Waals surface area contributed by atoms with Crippen LogP contribution in [0.4, 0.5) is 4.39 Å². The van der Waals surface area contributed by atoms with Crippen molar-refractivity contribution in [3.05, 3.63) is 63.0 Å². The largest absolute Gasteiger partial charge is 0.505 e. The van der Waals surface area contributed by atoms with Crippen LogP contribution in [0.1, 0.15) is 29.4 Å². The van der Waals surface area contributed by atoms with Crippen molar-refractivity contribution in [2.75, 3.05) is 13.7 Å². The Balaban J connectivity index is 1.50. The van der Waals surface area contributed by atoms with E-state index in [-0.39, 0.29) is 25.0 Å². The third kappa shape index (κ3) is 3.80. The molecular weight excluding hydrogens is 448 g/mol. The molecule has 7 nitrogen and oxygen atoms in total. The molecule has 0 spiro atoms. The van der Waals surface area contributed by atoms with Crippen LogP contribution in [0.3, 0.4) is 0 Å². The lowest BCUT2D eigenvalue weighted by atomic mass is 9.55. The fourth-order valence-electron chi connectivity index (χ4n) is 5.44. The number of allylic oxidation sites excluding steroid dienone is 1. The third-order valence-electron chi connectivity index (χ3n) is 6.86. The van der Waals surface area contributed by atoms with E-state index in [0.29, 0.717) is 23.9 Å². The Labute approximate surface area is 194 Å². The minimum atomic E-state index is -1.30. The van der Waals surface area contributed by atoms with Gasteiger partial charge in [-0.05, 0) is 58.9 Å². The first kappa shape index (κ1) is 22.3. The maximum Gasteiger partial charge on any atom is 0.487 e. The zero-order chi connectivity index (χ0) is 23.3. The minimum absolute atomic E-state index is 0.209. The van der Waals surface area contributed by atoms with Gasteiger partial charge >= 0.3 is 7.12 Å². The number of fused-ring (bicyclic) bond motifs is 3. The molecule has 4 atom stereocenters. The number of benzene rings is 1. The average Bonchev–Trinajstić information content (AvgIpc) is 3.38. The minimum Gasteiger partial charge on any atom is -0.505 e. The zero-order valence-corrected chi connectivity index (χ0v) is 18.8. The highest BCUT2D eigenvalue weighted by Crippen LogP contribution is 2.51. The molecule has 10 heteroatoms. The molecule has 0 unspecified atom stereocenters. The molecule has 2 saturated heterocycles. The second kappa shape index (κ2) is 8.68. The van der Waals surface area contributed by atoms with Gasteiger partial charge in [-0.25, -0.2) is 4.39 Å². The van der Waals surface area contributed by atoms with Gasteiger partial charge in [-0.15, -0.1) is 11.3 Å². The Morgan fingerprint density at radius 2 is 2.09 bits per heavy atom. The van der Waals surface area contributed by atoms with Gasteiger partial charge in [-0.3, -0.25) is 14.5 Å². The molecule has 172 valence electrons. The van der Waals surface area contributed by atoms with E-state index < -0.39 is 42.5 Å². The molecule has 3 aliphatic rings. The molecule has 2 aliphatic heterocycles. The first-order chi connectivity index (χ1) is 15.9. The Bertz CT molecular complexity index is 1120. The number of thiophene rings is 1. The van der Waals surface area contributed by atoms with Crippen LogP contribution in [0.2, 0.25) is 0 Å². The Kier molecular flexibility index (Phi) is 5.86. The van der Waals surface area contributed by atoms with Gasteiger partial charge in [-0.2, -0.15) is 0 Å². The molecule has 2 aromatic rings. The summed E-state index contributed by atoms with van der Waals surface area (Å²) >= 11 is 1.49. The molecular formula is C23H23BFNO6S. The molecule has 0 radical (unpaired) electrons. The number of aromatic hydroxyl groups is 1. The summed E-state index contributed by atoms with van der Waals surface area (Å²) in [5.41, 5.74) is 1.81. The topological polar surface area (TPSA) is 96.3 Å². The molecule has 0 saturated carbocycles. The van der Waals surface area contributed by atoms with E-state index in [9.17, 15) is 24.1 Å². The Hall–Kier alpha value is -2.53. The van der Waals surface area contributed by atoms with Crippen LogP contribution in [0, 0.1) is 23.6 Å². The van der Waals surface area contributed by atoms with Crippen molar-refractivity contribution in [1.29, 1.82) is 0 Å². The summed E-state index contributed by atoms with van der Waals surface area (Å²) in [6, 6.07) is 7.71. The standard InChI is InChI=1S/C23H23BFNO6S/c1-31-11-13-7-16-20(23(29)26(22(16)28)10-14-3-2-6-33-14)15-9-19(32-24(30)21(13)15)12-4-5-18(27)17(25)8-12/h2-6,8,15-16,19-20,27,30H,7,9-11H2,1H3/t15-,16-,19-,20+/m0/s1.